The van der Waals surface area contributed by atoms with Crippen LogP contribution in [0, 0.1) is 11.3 Å². The van der Waals surface area contributed by atoms with Crippen molar-refractivity contribution in [3.05, 3.63) is 0 Å². The number of amides is 1. The van der Waals surface area contributed by atoms with Crippen molar-refractivity contribution in [3.63, 3.8) is 0 Å². The fourth-order valence-electron chi connectivity index (χ4n) is 2.60. The molecule has 0 heterocycles. The van der Waals surface area contributed by atoms with Gasteiger partial charge in [0, 0.05) is 18.9 Å². The van der Waals surface area contributed by atoms with E-state index in [0.717, 1.165) is 19.3 Å². The number of aliphatic carboxylic acids is 1. The van der Waals surface area contributed by atoms with Crippen LogP contribution in [0.25, 0.3) is 0 Å². The van der Waals surface area contributed by atoms with Crippen molar-refractivity contribution in [2.75, 3.05) is 6.54 Å². The Hall–Kier alpha value is -1.06. The summed E-state index contributed by atoms with van der Waals surface area (Å²) in [5.41, 5.74) is -0.0295. The number of rotatable bonds is 7. The Morgan fingerprint density at radius 3 is 2.37 bits per heavy atom. The van der Waals surface area contributed by atoms with E-state index in [1.54, 1.807) is 0 Å². The zero-order valence-corrected chi connectivity index (χ0v) is 12.2. The fourth-order valence-corrected chi connectivity index (χ4v) is 2.60. The standard InChI is InChI=1S/C15H27NO3/c1-15(2,9-8-13(17)18)10-11-16-14(19)12-6-4-3-5-7-12/h12H,3-11H2,1-2H3,(H,16,19)(H,17,18). The van der Waals surface area contributed by atoms with Gasteiger partial charge in [-0.15, -0.1) is 0 Å². The second kappa shape index (κ2) is 7.51. The summed E-state index contributed by atoms with van der Waals surface area (Å²) in [7, 11) is 0. The van der Waals surface area contributed by atoms with E-state index in [-0.39, 0.29) is 23.7 Å². The molecule has 0 unspecified atom stereocenters. The van der Waals surface area contributed by atoms with E-state index in [2.05, 4.69) is 19.2 Å². The molecule has 1 aliphatic carbocycles. The Morgan fingerprint density at radius 2 is 1.79 bits per heavy atom. The smallest absolute Gasteiger partial charge is 0.303 e. The molecule has 1 aliphatic rings. The minimum absolute atomic E-state index is 0.0295. The highest BCUT2D eigenvalue weighted by molar-refractivity contribution is 5.78. The van der Waals surface area contributed by atoms with Crippen molar-refractivity contribution < 1.29 is 14.7 Å². The molecule has 0 aromatic carbocycles. The Morgan fingerprint density at radius 1 is 1.16 bits per heavy atom. The lowest BCUT2D eigenvalue weighted by atomic mass is 9.84. The Labute approximate surface area is 116 Å². The number of hydrogen-bond donors (Lipinski definition) is 2. The van der Waals surface area contributed by atoms with Crippen LogP contribution in [-0.2, 0) is 9.59 Å². The average molecular weight is 269 g/mol. The molecule has 19 heavy (non-hydrogen) atoms. The van der Waals surface area contributed by atoms with Gasteiger partial charge in [0.05, 0.1) is 0 Å². The molecule has 4 heteroatoms. The van der Waals surface area contributed by atoms with Gasteiger partial charge in [0.1, 0.15) is 0 Å². The molecule has 2 N–H and O–H groups in total. The minimum Gasteiger partial charge on any atom is -0.481 e. The van der Waals surface area contributed by atoms with E-state index in [1.807, 2.05) is 0 Å². The third-order valence-corrected chi connectivity index (χ3v) is 4.09. The van der Waals surface area contributed by atoms with E-state index in [4.69, 9.17) is 5.11 Å². The zero-order valence-electron chi connectivity index (χ0n) is 12.2. The number of carboxylic acids is 1. The van der Waals surface area contributed by atoms with Crippen LogP contribution in [0.1, 0.15) is 65.2 Å². The molecule has 0 aromatic heterocycles. The van der Waals surface area contributed by atoms with Gasteiger partial charge < -0.3 is 10.4 Å². The maximum Gasteiger partial charge on any atom is 0.303 e. The molecule has 0 aliphatic heterocycles. The summed E-state index contributed by atoms with van der Waals surface area (Å²) in [6.45, 7) is 4.77. The predicted molar refractivity (Wildman–Crippen MR) is 74.9 cm³/mol. The van der Waals surface area contributed by atoms with E-state index in [9.17, 15) is 9.59 Å². The molecule has 4 nitrogen and oxygen atoms in total. The zero-order chi connectivity index (χ0) is 14.3. The highest BCUT2D eigenvalue weighted by atomic mass is 16.4. The first-order chi connectivity index (χ1) is 8.91. The van der Waals surface area contributed by atoms with Gasteiger partial charge in [0.25, 0.3) is 0 Å². The van der Waals surface area contributed by atoms with Crippen LogP contribution in [0.2, 0.25) is 0 Å². The summed E-state index contributed by atoms with van der Waals surface area (Å²) in [6.07, 6.45) is 7.32. The van der Waals surface area contributed by atoms with Crippen LogP contribution in [0.4, 0.5) is 0 Å². The first-order valence-corrected chi connectivity index (χ1v) is 7.40. The molecule has 1 amide bonds. The third kappa shape index (κ3) is 6.60. The number of nitrogens with one attached hydrogen (secondary N) is 1. The van der Waals surface area contributed by atoms with Crippen LogP contribution in [0.15, 0.2) is 0 Å². The lowest BCUT2D eigenvalue weighted by molar-refractivity contribution is -0.137. The molecule has 0 aromatic rings. The Bertz CT molecular complexity index is 307. The molecule has 0 spiro atoms. The summed E-state index contributed by atoms with van der Waals surface area (Å²) >= 11 is 0. The van der Waals surface area contributed by atoms with Crippen LogP contribution < -0.4 is 5.32 Å². The van der Waals surface area contributed by atoms with Gasteiger partial charge in [0.2, 0.25) is 5.91 Å². The molecule has 0 atom stereocenters. The summed E-state index contributed by atoms with van der Waals surface area (Å²) in [6, 6.07) is 0. The molecule has 0 saturated heterocycles. The van der Waals surface area contributed by atoms with Crippen molar-refractivity contribution in [2.45, 2.75) is 65.2 Å². The molecule has 1 rings (SSSR count). The maximum absolute atomic E-state index is 11.9. The summed E-state index contributed by atoms with van der Waals surface area (Å²) in [4.78, 5) is 22.5. The monoisotopic (exact) mass is 269 g/mol. The van der Waals surface area contributed by atoms with Crippen molar-refractivity contribution in [1.82, 2.24) is 5.32 Å². The number of carboxylic acid groups (broad SMARTS) is 1. The van der Waals surface area contributed by atoms with Gasteiger partial charge in [-0.1, -0.05) is 33.1 Å². The van der Waals surface area contributed by atoms with Crippen LogP contribution in [0.5, 0.6) is 0 Å². The minimum atomic E-state index is -0.751. The highest BCUT2D eigenvalue weighted by Gasteiger charge is 2.22. The van der Waals surface area contributed by atoms with Gasteiger partial charge in [0.15, 0.2) is 0 Å². The maximum atomic E-state index is 11.9. The summed E-state index contributed by atoms with van der Waals surface area (Å²) < 4.78 is 0. The molecular formula is C15H27NO3. The van der Waals surface area contributed by atoms with Gasteiger partial charge in [-0.3, -0.25) is 9.59 Å². The van der Waals surface area contributed by atoms with E-state index >= 15 is 0 Å². The normalized spacial score (nSPS) is 17.2. The van der Waals surface area contributed by atoms with Gasteiger partial charge in [-0.2, -0.15) is 0 Å². The quantitative estimate of drug-likeness (QED) is 0.746. The van der Waals surface area contributed by atoms with E-state index in [1.165, 1.54) is 19.3 Å². The molecule has 1 fully saturated rings. The SMILES string of the molecule is CC(C)(CCNC(=O)C1CCCCC1)CCC(=O)O. The van der Waals surface area contributed by atoms with Crippen LogP contribution >= 0.6 is 0 Å². The molecule has 1 saturated carbocycles. The number of hydrogen-bond acceptors (Lipinski definition) is 2. The fraction of sp³-hybridized carbons (Fsp3) is 0.867. The predicted octanol–water partition coefficient (Wildman–Crippen LogP) is 2.96. The largest absolute Gasteiger partial charge is 0.481 e. The first kappa shape index (κ1) is 16.0. The molecule has 0 radical (unpaired) electrons. The average Bonchev–Trinajstić information content (AvgIpc) is 2.37. The van der Waals surface area contributed by atoms with Crippen LogP contribution in [-0.4, -0.2) is 23.5 Å². The van der Waals surface area contributed by atoms with Crippen molar-refractivity contribution in [1.29, 1.82) is 0 Å². The third-order valence-electron chi connectivity index (χ3n) is 4.09. The highest BCUT2D eigenvalue weighted by Crippen LogP contribution is 2.27. The second-order valence-electron chi connectivity index (χ2n) is 6.43. The Balaban J connectivity index is 2.20. The van der Waals surface area contributed by atoms with Crippen molar-refractivity contribution in [2.24, 2.45) is 11.3 Å². The number of carbonyl (C=O) groups excluding carboxylic acids is 1. The lowest BCUT2D eigenvalue weighted by Crippen LogP contribution is -2.34. The van der Waals surface area contributed by atoms with Gasteiger partial charge >= 0.3 is 5.97 Å². The van der Waals surface area contributed by atoms with Crippen molar-refractivity contribution >= 4 is 11.9 Å². The molecule has 110 valence electrons. The second-order valence-corrected chi connectivity index (χ2v) is 6.43. The van der Waals surface area contributed by atoms with E-state index in [0.29, 0.717) is 13.0 Å². The van der Waals surface area contributed by atoms with Crippen LogP contribution in [0.3, 0.4) is 0 Å². The van der Waals surface area contributed by atoms with E-state index < -0.39 is 5.97 Å². The molecule has 0 bridgehead atoms. The first-order valence-electron chi connectivity index (χ1n) is 7.40. The summed E-state index contributed by atoms with van der Waals surface area (Å²) in [5, 5.41) is 11.7. The van der Waals surface area contributed by atoms with Gasteiger partial charge in [-0.25, -0.2) is 0 Å². The summed E-state index contributed by atoms with van der Waals surface area (Å²) in [5.74, 6) is -0.357. The lowest BCUT2D eigenvalue weighted by Gasteiger charge is -2.25. The van der Waals surface area contributed by atoms with Gasteiger partial charge in [-0.05, 0) is 31.1 Å². The topological polar surface area (TPSA) is 66.4 Å². The Kier molecular flexibility index (Phi) is 6.32. The number of carbonyl (C=O) groups is 2. The molecular weight excluding hydrogens is 242 g/mol. The van der Waals surface area contributed by atoms with Crippen molar-refractivity contribution in [3.8, 4) is 0 Å².